The summed E-state index contributed by atoms with van der Waals surface area (Å²) in [5.74, 6) is 1.27. The number of phenolic OH excluding ortho intramolecular Hbond substituents is 1. The summed E-state index contributed by atoms with van der Waals surface area (Å²) >= 11 is 1.13. The molecule has 0 aliphatic carbocycles. The highest BCUT2D eigenvalue weighted by Crippen LogP contribution is 2.26. The number of aromatic hydroxyl groups is 1. The van der Waals surface area contributed by atoms with Crippen molar-refractivity contribution in [1.29, 1.82) is 0 Å². The topological polar surface area (TPSA) is 130 Å². The minimum absolute atomic E-state index is 0.0457. The Morgan fingerprint density at radius 2 is 1.93 bits per heavy atom. The standard InChI is InChI=1S/C20H18N4O5S/c1-11-21-18(24-29-11)12-4-6-14(7-5-12)22-17(19(30-3)23-20(26)27)13-8-15(25)10-16(9-13)28-2/h4-10,25H,1-3H3,(H,26,27). The van der Waals surface area contributed by atoms with Gasteiger partial charge >= 0.3 is 6.09 Å². The number of methoxy groups -OCH3 is 1. The normalized spacial score (nSPS) is 12.1. The smallest absolute Gasteiger partial charge is 0.432 e. The van der Waals surface area contributed by atoms with Crippen LogP contribution in [-0.4, -0.2) is 50.6 Å². The average molecular weight is 426 g/mol. The quantitative estimate of drug-likeness (QED) is 0.456. The summed E-state index contributed by atoms with van der Waals surface area (Å²) in [6, 6.07) is 11.6. The average Bonchev–Trinajstić information content (AvgIpc) is 3.16. The van der Waals surface area contributed by atoms with E-state index in [4.69, 9.17) is 14.4 Å². The Morgan fingerprint density at radius 1 is 1.20 bits per heavy atom. The van der Waals surface area contributed by atoms with E-state index in [1.54, 1.807) is 43.5 Å². The Hall–Kier alpha value is -3.66. The number of amides is 1. The summed E-state index contributed by atoms with van der Waals surface area (Å²) in [6.45, 7) is 1.71. The first-order chi connectivity index (χ1) is 14.4. The van der Waals surface area contributed by atoms with E-state index in [9.17, 15) is 9.90 Å². The van der Waals surface area contributed by atoms with Crippen LogP contribution in [0.1, 0.15) is 11.5 Å². The van der Waals surface area contributed by atoms with Crippen molar-refractivity contribution in [3.05, 3.63) is 53.9 Å². The first kappa shape index (κ1) is 21.1. The number of thioether (sulfide) groups is 1. The molecule has 0 unspecified atom stereocenters. The Bertz CT molecular complexity index is 1120. The molecular weight excluding hydrogens is 408 g/mol. The van der Waals surface area contributed by atoms with Gasteiger partial charge in [0.05, 0.1) is 12.8 Å². The summed E-state index contributed by atoms with van der Waals surface area (Å²) in [7, 11) is 1.47. The van der Waals surface area contributed by atoms with Crippen molar-refractivity contribution in [3.8, 4) is 22.9 Å². The maximum atomic E-state index is 11.2. The lowest BCUT2D eigenvalue weighted by Crippen LogP contribution is -2.14. The molecule has 9 nitrogen and oxygen atoms in total. The molecule has 30 heavy (non-hydrogen) atoms. The number of carbonyl (C=O) groups is 1. The van der Waals surface area contributed by atoms with Crippen LogP contribution in [0.3, 0.4) is 0 Å². The summed E-state index contributed by atoms with van der Waals surface area (Å²) < 4.78 is 10.2. The third-order valence-electron chi connectivity index (χ3n) is 3.89. The highest BCUT2D eigenvalue weighted by atomic mass is 32.2. The number of hydrogen-bond donors (Lipinski definition) is 2. The van der Waals surface area contributed by atoms with Crippen LogP contribution in [0.5, 0.6) is 11.5 Å². The molecule has 0 fully saturated rings. The minimum atomic E-state index is -1.35. The molecule has 1 heterocycles. The summed E-state index contributed by atoms with van der Waals surface area (Å²) in [6.07, 6.45) is 0.348. The van der Waals surface area contributed by atoms with E-state index < -0.39 is 6.09 Å². The fourth-order valence-electron chi connectivity index (χ4n) is 2.59. The molecule has 0 aliphatic heterocycles. The number of ether oxygens (including phenoxy) is 1. The molecule has 3 aromatic rings. The molecule has 1 amide bonds. The molecule has 0 atom stereocenters. The first-order valence-electron chi connectivity index (χ1n) is 8.63. The van der Waals surface area contributed by atoms with Crippen LogP contribution >= 0.6 is 11.8 Å². The van der Waals surface area contributed by atoms with Gasteiger partial charge < -0.3 is 19.5 Å². The third kappa shape index (κ3) is 5.03. The van der Waals surface area contributed by atoms with E-state index >= 15 is 0 Å². The summed E-state index contributed by atoms with van der Waals surface area (Å²) in [5, 5.41) is 23.2. The zero-order valence-electron chi connectivity index (χ0n) is 16.4. The number of aliphatic imine (C=N–C) groups is 2. The Labute approximate surface area is 176 Å². The van der Waals surface area contributed by atoms with Gasteiger partial charge in [0, 0.05) is 24.1 Å². The van der Waals surface area contributed by atoms with E-state index in [1.807, 2.05) is 0 Å². The molecule has 154 valence electrons. The Morgan fingerprint density at radius 3 is 2.50 bits per heavy atom. The van der Waals surface area contributed by atoms with Crippen molar-refractivity contribution in [3.63, 3.8) is 0 Å². The molecule has 0 spiro atoms. The fraction of sp³-hybridized carbons (Fsp3) is 0.150. The van der Waals surface area contributed by atoms with E-state index in [0.29, 0.717) is 28.7 Å². The number of rotatable bonds is 5. The van der Waals surface area contributed by atoms with Crippen LogP contribution in [0.25, 0.3) is 11.4 Å². The molecule has 0 radical (unpaired) electrons. The van der Waals surface area contributed by atoms with Crippen LogP contribution < -0.4 is 4.74 Å². The first-order valence-corrected chi connectivity index (χ1v) is 9.86. The number of aromatic nitrogens is 2. The molecule has 0 aliphatic rings. The SMILES string of the molecule is COc1cc(O)cc(C(=Nc2ccc(-c3noc(C)n3)cc2)C(=NC(=O)O)SC)c1. The fourth-order valence-corrected chi connectivity index (χ4v) is 3.11. The lowest BCUT2D eigenvalue weighted by atomic mass is 10.1. The molecule has 1 aromatic heterocycles. The number of aryl methyl sites for hydroxylation is 1. The van der Waals surface area contributed by atoms with Crippen molar-refractivity contribution in [2.24, 2.45) is 9.98 Å². The van der Waals surface area contributed by atoms with Crippen LogP contribution in [0.2, 0.25) is 0 Å². The van der Waals surface area contributed by atoms with Gasteiger partial charge in [-0.3, -0.25) is 0 Å². The molecule has 2 N–H and O–H groups in total. The largest absolute Gasteiger partial charge is 0.508 e. The number of hydrogen-bond acceptors (Lipinski definition) is 8. The number of phenols is 1. The monoisotopic (exact) mass is 426 g/mol. The molecule has 3 rings (SSSR count). The van der Waals surface area contributed by atoms with Gasteiger partial charge in [-0.25, -0.2) is 9.79 Å². The van der Waals surface area contributed by atoms with Crippen molar-refractivity contribution < 1.29 is 24.3 Å². The van der Waals surface area contributed by atoms with Gasteiger partial charge in [0.15, 0.2) is 0 Å². The van der Waals surface area contributed by atoms with Gasteiger partial charge in [0.2, 0.25) is 11.7 Å². The number of carboxylic acid groups (broad SMARTS) is 1. The molecule has 0 bridgehead atoms. The predicted octanol–water partition coefficient (Wildman–Crippen LogP) is 4.32. The summed E-state index contributed by atoms with van der Waals surface area (Å²) in [5.41, 5.74) is 2.03. The highest BCUT2D eigenvalue weighted by molar-refractivity contribution is 8.15. The Kier molecular flexibility index (Phi) is 6.48. The van der Waals surface area contributed by atoms with E-state index in [2.05, 4.69) is 20.1 Å². The molecule has 10 heteroatoms. The van der Waals surface area contributed by atoms with Crippen molar-refractivity contribution in [2.45, 2.75) is 6.92 Å². The number of benzene rings is 2. The zero-order chi connectivity index (χ0) is 21.7. The minimum Gasteiger partial charge on any atom is -0.508 e. The van der Waals surface area contributed by atoms with E-state index in [0.717, 1.165) is 17.3 Å². The maximum absolute atomic E-state index is 11.2. The van der Waals surface area contributed by atoms with Gasteiger partial charge in [-0.1, -0.05) is 5.16 Å². The highest BCUT2D eigenvalue weighted by Gasteiger charge is 2.16. The van der Waals surface area contributed by atoms with Crippen LogP contribution in [0.4, 0.5) is 10.5 Å². The molecule has 2 aromatic carbocycles. The second-order valence-corrected chi connectivity index (χ2v) is 6.76. The zero-order valence-corrected chi connectivity index (χ0v) is 17.2. The van der Waals surface area contributed by atoms with Crippen molar-refractivity contribution in [1.82, 2.24) is 10.1 Å². The van der Waals surface area contributed by atoms with Gasteiger partial charge in [-0.05, 0) is 42.7 Å². The Balaban J connectivity index is 2.08. The van der Waals surface area contributed by atoms with Gasteiger partial charge in [-0.15, -0.1) is 11.8 Å². The van der Waals surface area contributed by atoms with Gasteiger partial charge in [-0.2, -0.15) is 9.98 Å². The van der Waals surface area contributed by atoms with E-state index in [1.165, 1.54) is 19.2 Å². The van der Waals surface area contributed by atoms with Crippen LogP contribution in [0, 0.1) is 6.92 Å². The molecular formula is C20H18N4O5S. The van der Waals surface area contributed by atoms with Crippen molar-refractivity contribution in [2.75, 3.05) is 13.4 Å². The molecule has 0 saturated carbocycles. The van der Waals surface area contributed by atoms with E-state index in [-0.39, 0.29) is 16.5 Å². The predicted molar refractivity (Wildman–Crippen MR) is 114 cm³/mol. The molecule has 0 saturated heterocycles. The van der Waals surface area contributed by atoms with Gasteiger partial charge in [0.1, 0.15) is 22.3 Å². The lowest BCUT2D eigenvalue weighted by Gasteiger charge is -2.10. The summed E-state index contributed by atoms with van der Waals surface area (Å²) in [4.78, 5) is 23.6. The van der Waals surface area contributed by atoms with Crippen molar-refractivity contribution >= 4 is 34.3 Å². The third-order valence-corrected chi connectivity index (χ3v) is 4.56. The second-order valence-electron chi connectivity index (χ2n) is 5.97. The number of nitrogens with zero attached hydrogens (tertiary/aromatic N) is 4. The van der Waals surface area contributed by atoms with Gasteiger partial charge in [0.25, 0.3) is 0 Å². The maximum Gasteiger partial charge on any atom is 0.432 e. The van der Waals surface area contributed by atoms with Crippen LogP contribution in [-0.2, 0) is 0 Å². The second kappa shape index (κ2) is 9.23. The lowest BCUT2D eigenvalue weighted by molar-refractivity contribution is 0.206. The van der Waals surface area contributed by atoms with Crippen LogP contribution in [0.15, 0.2) is 57.0 Å².